The zero-order chi connectivity index (χ0) is 13.2. The molecule has 3 heteroatoms. The van der Waals surface area contributed by atoms with E-state index in [4.69, 9.17) is 0 Å². The van der Waals surface area contributed by atoms with Gasteiger partial charge in [0.25, 0.3) is 0 Å². The Bertz CT molecular complexity index is 450. The quantitative estimate of drug-likeness (QED) is 0.793. The Morgan fingerprint density at radius 3 is 2.67 bits per heavy atom. The standard InChI is InChI=1S/C15H20INO/c1-3-15(9-4-5-10-15)14(18)17-13-8-6-7-12(16)11(13)2/h6-8H,3-5,9-10H2,1-2H3,(H,17,18). The van der Waals surface area contributed by atoms with Crippen molar-refractivity contribution in [2.45, 2.75) is 46.0 Å². The molecule has 0 bridgehead atoms. The Balaban J connectivity index is 2.18. The van der Waals surface area contributed by atoms with Gasteiger partial charge in [0.1, 0.15) is 0 Å². The molecule has 0 radical (unpaired) electrons. The van der Waals surface area contributed by atoms with E-state index in [1.807, 2.05) is 12.1 Å². The van der Waals surface area contributed by atoms with Crippen molar-refractivity contribution in [1.29, 1.82) is 0 Å². The third-order valence-electron chi connectivity index (χ3n) is 4.24. The Hall–Kier alpha value is -0.580. The van der Waals surface area contributed by atoms with Gasteiger partial charge in [0.2, 0.25) is 5.91 Å². The van der Waals surface area contributed by atoms with Crippen LogP contribution in [0.25, 0.3) is 0 Å². The summed E-state index contributed by atoms with van der Waals surface area (Å²) in [6.45, 7) is 4.19. The number of hydrogen-bond acceptors (Lipinski definition) is 1. The highest BCUT2D eigenvalue weighted by Gasteiger charge is 2.39. The molecule has 1 aromatic carbocycles. The van der Waals surface area contributed by atoms with Gasteiger partial charge in [-0.05, 0) is 66.5 Å². The molecule has 0 atom stereocenters. The Labute approximate surface area is 123 Å². The minimum absolute atomic E-state index is 0.117. The summed E-state index contributed by atoms with van der Waals surface area (Å²) in [5, 5.41) is 3.14. The summed E-state index contributed by atoms with van der Waals surface area (Å²) in [6, 6.07) is 6.06. The maximum Gasteiger partial charge on any atom is 0.230 e. The first-order chi connectivity index (χ1) is 8.59. The lowest BCUT2D eigenvalue weighted by molar-refractivity contribution is -0.125. The van der Waals surface area contributed by atoms with Gasteiger partial charge in [0.05, 0.1) is 0 Å². The van der Waals surface area contributed by atoms with Gasteiger partial charge < -0.3 is 5.32 Å². The van der Waals surface area contributed by atoms with Gasteiger partial charge in [-0.3, -0.25) is 4.79 Å². The van der Waals surface area contributed by atoms with E-state index in [-0.39, 0.29) is 11.3 Å². The topological polar surface area (TPSA) is 29.1 Å². The van der Waals surface area contributed by atoms with E-state index in [1.54, 1.807) is 0 Å². The van der Waals surface area contributed by atoms with Gasteiger partial charge in [0.15, 0.2) is 0 Å². The SMILES string of the molecule is CCC1(C(=O)Nc2cccc(I)c2C)CCCC1. The van der Waals surface area contributed by atoms with Crippen molar-refractivity contribution in [2.75, 3.05) is 5.32 Å². The number of benzene rings is 1. The van der Waals surface area contributed by atoms with Crippen molar-refractivity contribution in [2.24, 2.45) is 5.41 Å². The van der Waals surface area contributed by atoms with Crippen LogP contribution in [-0.4, -0.2) is 5.91 Å². The molecular weight excluding hydrogens is 337 g/mol. The fraction of sp³-hybridized carbons (Fsp3) is 0.533. The highest BCUT2D eigenvalue weighted by molar-refractivity contribution is 14.1. The molecule has 0 unspecified atom stereocenters. The second-order valence-electron chi connectivity index (χ2n) is 5.21. The summed E-state index contributed by atoms with van der Waals surface area (Å²) in [5.41, 5.74) is 2.01. The molecule has 1 saturated carbocycles. The van der Waals surface area contributed by atoms with Crippen molar-refractivity contribution in [3.05, 3.63) is 27.3 Å². The molecule has 18 heavy (non-hydrogen) atoms. The van der Waals surface area contributed by atoms with Crippen molar-refractivity contribution >= 4 is 34.2 Å². The van der Waals surface area contributed by atoms with Crippen LogP contribution in [-0.2, 0) is 4.79 Å². The van der Waals surface area contributed by atoms with Gasteiger partial charge in [-0.15, -0.1) is 0 Å². The average molecular weight is 357 g/mol. The summed E-state index contributed by atoms with van der Waals surface area (Å²) in [7, 11) is 0. The highest BCUT2D eigenvalue weighted by atomic mass is 127. The number of carbonyl (C=O) groups is 1. The predicted octanol–water partition coefficient (Wildman–Crippen LogP) is 4.51. The van der Waals surface area contributed by atoms with Gasteiger partial charge in [-0.2, -0.15) is 0 Å². The van der Waals surface area contributed by atoms with E-state index in [1.165, 1.54) is 16.4 Å². The first-order valence-electron chi connectivity index (χ1n) is 6.65. The van der Waals surface area contributed by atoms with E-state index in [2.05, 4.69) is 47.8 Å². The fourth-order valence-corrected chi connectivity index (χ4v) is 3.29. The van der Waals surface area contributed by atoms with Crippen LogP contribution in [0.15, 0.2) is 18.2 Å². The van der Waals surface area contributed by atoms with Gasteiger partial charge in [-0.25, -0.2) is 0 Å². The number of rotatable bonds is 3. The van der Waals surface area contributed by atoms with Crippen LogP contribution in [0.4, 0.5) is 5.69 Å². The van der Waals surface area contributed by atoms with Gasteiger partial charge in [0, 0.05) is 14.7 Å². The third-order valence-corrected chi connectivity index (χ3v) is 5.40. The highest BCUT2D eigenvalue weighted by Crippen LogP contribution is 2.42. The molecule has 0 aliphatic heterocycles. The van der Waals surface area contributed by atoms with Crippen molar-refractivity contribution < 1.29 is 4.79 Å². The Morgan fingerprint density at radius 2 is 2.06 bits per heavy atom. The molecule has 0 spiro atoms. The van der Waals surface area contributed by atoms with E-state index in [0.717, 1.165) is 30.5 Å². The third kappa shape index (κ3) is 2.56. The van der Waals surface area contributed by atoms with Crippen molar-refractivity contribution in [3.8, 4) is 0 Å². The molecule has 1 aliphatic rings. The Kier molecular flexibility index (Phi) is 4.30. The van der Waals surface area contributed by atoms with Crippen molar-refractivity contribution in [1.82, 2.24) is 0 Å². The van der Waals surface area contributed by atoms with Crippen LogP contribution in [0, 0.1) is 15.9 Å². The van der Waals surface area contributed by atoms with Crippen LogP contribution < -0.4 is 5.32 Å². The number of nitrogens with one attached hydrogen (secondary N) is 1. The lowest BCUT2D eigenvalue weighted by Gasteiger charge is -2.26. The second-order valence-corrected chi connectivity index (χ2v) is 6.37. The second kappa shape index (κ2) is 5.59. The first-order valence-corrected chi connectivity index (χ1v) is 7.73. The number of carbonyl (C=O) groups excluding carboxylic acids is 1. The monoisotopic (exact) mass is 357 g/mol. The van der Waals surface area contributed by atoms with Gasteiger partial charge >= 0.3 is 0 Å². The maximum atomic E-state index is 12.5. The number of amides is 1. The van der Waals surface area contributed by atoms with E-state index < -0.39 is 0 Å². The molecule has 98 valence electrons. The van der Waals surface area contributed by atoms with Gasteiger partial charge in [-0.1, -0.05) is 25.8 Å². The minimum Gasteiger partial charge on any atom is -0.325 e. The summed E-state index contributed by atoms with van der Waals surface area (Å²) < 4.78 is 1.20. The summed E-state index contributed by atoms with van der Waals surface area (Å²) in [5.74, 6) is 0.215. The molecule has 2 nitrogen and oxygen atoms in total. The maximum absolute atomic E-state index is 12.5. The van der Waals surface area contributed by atoms with Crippen LogP contribution in [0.1, 0.15) is 44.6 Å². The number of hydrogen-bond donors (Lipinski definition) is 1. The summed E-state index contributed by atoms with van der Waals surface area (Å²) in [4.78, 5) is 12.5. The summed E-state index contributed by atoms with van der Waals surface area (Å²) in [6.07, 6.45) is 5.40. The fourth-order valence-electron chi connectivity index (χ4n) is 2.79. The van der Waals surface area contributed by atoms with Crippen LogP contribution in [0.5, 0.6) is 0 Å². The molecule has 1 amide bonds. The van der Waals surface area contributed by atoms with E-state index in [0.29, 0.717) is 0 Å². The normalized spacial score (nSPS) is 17.7. The molecule has 1 N–H and O–H groups in total. The molecule has 0 saturated heterocycles. The minimum atomic E-state index is -0.117. The van der Waals surface area contributed by atoms with Crippen LogP contribution in [0.2, 0.25) is 0 Å². The van der Waals surface area contributed by atoms with Crippen LogP contribution in [0.3, 0.4) is 0 Å². The number of anilines is 1. The van der Waals surface area contributed by atoms with Crippen LogP contribution >= 0.6 is 22.6 Å². The zero-order valence-corrected chi connectivity index (χ0v) is 13.2. The predicted molar refractivity (Wildman–Crippen MR) is 83.7 cm³/mol. The molecule has 0 heterocycles. The molecule has 1 aromatic rings. The van der Waals surface area contributed by atoms with E-state index >= 15 is 0 Å². The first kappa shape index (κ1) is 13.8. The zero-order valence-electron chi connectivity index (χ0n) is 11.1. The average Bonchev–Trinajstić information content (AvgIpc) is 2.85. The molecule has 0 aromatic heterocycles. The largest absolute Gasteiger partial charge is 0.325 e. The molecule has 1 fully saturated rings. The smallest absolute Gasteiger partial charge is 0.230 e. The molecule has 1 aliphatic carbocycles. The lowest BCUT2D eigenvalue weighted by atomic mass is 9.82. The molecule has 2 rings (SSSR count). The van der Waals surface area contributed by atoms with E-state index in [9.17, 15) is 4.79 Å². The summed E-state index contributed by atoms with van der Waals surface area (Å²) >= 11 is 2.31. The Morgan fingerprint density at radius 1 is 1.39 bits per heavy atom. The van der Waals surface area contributed by atoms with Crippen molar-refractivity contribution in [3.63, 3.8) is 0 Å². The lowest BCUT2D eigenvalue weighted by Crippen LogP contribution is -2.33. The number of halogens is 1. The molecular formula is C15H20INO.